The molecule has 0 radical (unpaired) electrons. The Hall–Kier alpha value is -1.13. The maximum atomic E-state index is 13.5. The zero-order chi connectivity index (χ0) is 13.1. The lowest BCUT2D eigenvalue weighted by Gasteiger charge is -2.28. The number of carbonyl (C=O) groups excluding carboxylic acids is 1. The number of rotatable bonds is 2. The second kappa shape index (κ2) is 5.67. The first kappa shape index (κ1) is 13.3. The zero-order valence-electron chi connectivity index (χ0n) is 9.83. The molecule has 3 nitrogen and oxygen atoms in total. The standard InChI is InChI=1S/C13H15ClFNO2/c14-8-5-6-10(15)9(7-8)13(18)16-11-3-1-2-4-12(11)17/h5-7,11-12,17H,1-4H2,(H,16,18). The van der Waals surface area contributed by atoms with Crippen molar-refractivity contribution in [2.75, 3.05) is 0 Å². The van der Waals surface area contributed by atoms with E-state index in [0.717, 1.165) is 25.3 Å². The molecule has 0 saturated heterocycles. The predicted octanol–water partition coefficient (Wildman–Crippen LogP) is 2.51. The number of aliphatic hydroxyl groups is 1. The Balaban J connectivity index is 2.09. The van der Waals surface area contributed by atoms with Gasteiger partial charge in [-0.2, -0.15) is 0 Å². The fourth-order valence-corrected chi connectivity index (χ4v) is 2.37. The Morgan fingerprint density at radius 2 is 2.11 bits per heavy atom. The minimum absolute atomic E-state index is 0.0831. The molecular weight excluding hydrogens is 257 g/mol. The van der Waals surface area contributed by atoms with Crippen molar-refractivity contribution in [1.82, 2.24) is 5.32 Å². The molecule has 98 valence electrons. The maximum Gasteiger partial charge on any atom is 0.254 e. The highest BCUT2D eigenvalue weighted by atomic mass is 35.5. The number of carbonyl (C=O) groups is 1. The molecule has 5 heteroatoms. The van der Waals surface area contributed by atoms with Crippen molar-refractivity contribution < 1.29 is 14.3 Å². The number of aliphatic hydroxyl groups excluding tert-OH is 1. The molecule has 1 aliphatic rings. The van der Waals surface area contributed by atoms with Crippen molar-refractivity contribution in [1.29, 1.82) is 0 Å². The van der Waals surface area contributed by atoms with Crippen LogP contribution in [0.5, 0.6) is 0 Å². The molecule has 0 heterocycles. The highest BCUT2D eigenvalue weighted by Gasteiger charge is 2.25. The van der Waals surface area contributed by atoms with E-state index in [1.54, 1.807) is 0 Å². The van der Waals surface area contributed by atoms with Gasteiger partial charge in [-0.25, -0.2) is 4.39 Å². The van der Waals surface area contributed by atoms with Crippen LogP contribution in [0.4, 0.5) is 4.39 Å². The molecule has 2 N–H and O–H groups in total. The molecule has 0 bridgehead atoms. The van der Waals surface area contributed by atoms with E-state index >= 15 is 0 Å². The molecule has 1 saturated carbocycles. The summed E-state index contributed by atoms with van der Waals surface area (Å²) in [4.78, 5) is 11.9. The predicted molar refractivity (Wildman–Crippen MR) is 67.1 cm³/mol. The summed E-state index contributed by atoms with van der Waals surface area (Å²) in [5.41, 5.74) is -0.0831. The first-order valence-electron chi connectivity index (χ1n) is 6.02. The smallest absolute Gasteiger partial charge is 0.254 e. The minimum atomic E-state index is -0.609. The average Bonchev–Trinajstić information content (AvgIpc) is 2.35. The SMILES string of the molecule is O=C(NC1CCCCC1O)c1cc(Cl)ccc1F. The summed E-state index contributed by atoms with van der Waals surface area (Å²) in [7, 11) is 0. The van der Waals surface area contributed by atoms with Crippen molar-refractivity contribution in [2.45, 2.75) is 37.8 Å². The summed E-state index contributed by atoms with van der Waals surface area (Å²) >= 11 is 5.74. The van der Waals surface area contributed by atoms with Crippen LogP contribution < -0.4 is 5.32 Å². The molecule has 0 spiro atoms. The van der Waals surface area contributed by atoms with Crippen LogP contribution in [0.3, 0.4) is 0 Å². The van der Waals surface area contributed by atoms with Gasteiger partial charge >= 0.3 is 0 Å². The van der Waals surface area contributed by atoms with Crippen LogP contribution in [0.25, 0.3) is 0 Å². The van der Waals surface area contributed by atoms with E-state index in [2.05, 4.69) is 5.32 Å². The summed E-state index contributed by atoms with van der Waals surface area (Å²) in [5.74, 6) is -1.14. The summed E-state index contributed by atoms with van der Waals surface area (Å²) in [6, 6.07) is 3.55. The summed E-state index contributed by atoms with van der Waals surface area (Å²) in [6.07, 6.45) is 2.75. The third kappa shape index (κ3) is 3.00. The minimum Gasteiger partial charge on any atom is -0.391 e. The molecular formula is C13H15ClFNO2. The van der Waals surface area contributed by atoms with Crippen LogP contribution in [0, 0.1) is 5.82 Å². The fraction of sp³-hybridized carbons (Fsp3) is 0.462. The molecule has 1 aromatic rings. The van der Waals surface area contributed by atoms with E-state index in [1.807, 2.05) is 0 Å². The van der Waals surface area contributed by atoms with E-state index in [4.69, 9.17) is 11.6 Å². The van der Waals surface area contributed by atoms with Crippen LogP contribution in [-0.4, -0.2) is 23.2 Å². The molecule has 1 aliphatic carbocycles. The molecule has 0 aliphatic heterocycles. The van der Waals surface area contributed by atoms with Crippen LogP contribution in [0.1, 0.15) is 36.0 Å². The van der Waals surface area contributed by atoms with Gasteiger partial charge in [-0.3, -0.25) is 4.79 Å². The lowest BCUT2D eigenvalue weighted by molar-refractivity contribution is 0.0714. The summed E-state index contributed by atoms with van der Waals surface area (Å²) in [6.45, 7) is 0. The van der Waals surface area contributed by atoms with Crippen LogP contribution in [-0.2, 0) is 0 Å². The number of halogens is 2. The Kier molecular flexibility index (Phi) is 4.19. The van der Waals surface area contributed by atoms with Crippen LogP contribution in [0.15, 0.2) is 18.2 Å². The second-order valence-corrected chi connectivity index (χ2v) is 4.99. The van der Waals surface area contributed by atoms with E-state index < -0.39 is 17.8 Å². The van der Waals surface area contributed by atoms with E-state index in [0.29, 0.717) is 11.4 Å². The lowest BCUT2D eigenvalue weighted by atomic mass is 9.92. The zero-order valence-corrected chi connectivity index (χ0v) is 10.6. The molecule has 0 aromatic heterocycles. The number of amides is 1. The van der Waals surface area contributed by atoms with Crippen molar-refractivity contribution in [2.24, 2.45) is 0 Å². The van der Waals surface area contributed by atoms with Gasteiger partial charge in [-0.1, -0.05) is 24.4 Å². The van der Waals surface area contributed by atoms with Gasteiger partial charge in [0.1, 0.15) is 5.82 Å². The Bertz CT molecular complexity index is 453. The molecule has 1 fully saturated rings. The Labute approximate surface area is 110 Å². The van der Waals surface area contributed by atoms with Crippen molar-refractivity contribution >= 4 is 17.5 Å². The third-order valence-corrected chi connectivity index (χ3v) is 3.45. The van der Waals surface area contributed by atoms with E-state index in [1.165, 1.54) is 12.1 Å². The highest BCUT2D eigenvalue weighted by Crippen LogP contribution is 2.20. The van der Waals surface area contributed by atoms with E-state index in [-0.39, 0.29) is 11.6 Å². The summed E-state index contributed by atoms with van der Waals surface area (Å²) < 4.78 is 13.5. The van der Waals surface area contributed by atoms with Crippen molar-refractivity contribution in [3.63, 3.8) is 0 Å². The maximum absolute atomic E-state index is 13.5. The largest absolute Gasteiger partial charge is 0.391 e. The lowest BCUT2D eigenvalue weighted by Crippen LogP contribution is -2.45. The van der Waals surface area contributed by atoms with Gasteiger partial charge in [0.25, 0.3) is 5.91 Å². The first-order chi connectivity index (χ1) is 8.58. The topological polar surface area (TPSA) is 49.3 Å². The molecule has 1 aromatic carbocycles. The summed E-state index contributed by atoms with van der Waals surface area (Å²) in [5, 5.41) is 12.7. The van der Waals surface area contributed by atoms with Crippen molar-refractivity contribution in [3.8, 4) is 0 Å². The van der Waals surface area contributed by atoms with Gasteiger partial charge in [0, 0.05) is 5.02 Å². The number of hydrogen-bond donors (Lipinski definition) is 2. The van der Waals surface area contributed by atoms with Gasteiger partial charge in [-0.05, 0) is 31.0 Å². The third-order valence-electron chi connectivity index (χ3n) is 3.22. The molecule has 2 atom stereocenters. The van der Waals surface area contributed by atoms with Gasteiger partial charge in [0.2, 0.25) is 0 Å². The molecule has 18 heavy (non-hydrogen) atoms. The first-order valence-corrected chi connectivity index (χ1v) is 6.39. The molecule has 2 unspecified atom stereocenters. The van der Waals surface area contributed by atoms with Gasteiger partial charge in [0.15, 0.2) is 0 Å². The molecule has 1 amide bonds. The highest BCUT2D eigenvalue weighted by molar-refractivity contribution is 6.31. The molecule has 2 rings (SSSR count). The quantitative estimate of drug-likeness (QED) is 0.868. The normalized spacial score (nSPS) is 23.7. The van der Waals surface area contributed by atoms with Gasteiger partial charge in [0.05, 0.1) is 17.7 Å². The Morgan fingerprint density at radius 1 is 1.39 bits per heavy atom. The van der Waals surface area contributed by atoms with Crippen LogP contribution in [0.2, 0.25) is 5.02 Å². The fourth-order valence-electron chi connectivity index (χ4n) is 2.20. The number of hydrogen-bond acceptors (Lipinski definition) is 2. The van der Waals surface area contributed by atoms with Gasteiger partial charge in [-0.15, -0.1) is 0 Å². The monoisotopic (exact) mass is 271 g/mol. The average molecular weight is 272 g/mol. The van der Waals surface area contributed by atoms with Gasteiger partial charge < -0.3 is 10.4 Å². The van der Waals surface area contributed by atoms with E-state index in [9.17, 15) is 14.3 Å². The number of benzene rings is 1. The second-order valence-electron chi connectivity index (χ2n) is 4.56. The number of nitrogens with one attached hydrogen (secondary N) is 1. The van der Waals surface area contributed by atoms with Crippen LogP contribution >= 0.6 is 11.6 Å². The Morgan fingerprint density at radius 3 is 2.83 bits per heavy atom. The van der Waals surface area contributed by atoms with Crippen molar-refractivity contribution in [3.05, 3.63) is 34.6 Å².